The molecule has 0 bridgehead atoms. The SMILES string of the molecule is CCOCCN(C)CC(=O)Nc1cc(N)ccc1Cl. The molecule has 19 heavy (non-hydrogen) atoms. The van der Waals surface area contributed by atoms with Gasteiger partial charge in [0.2, 0.25) is 5.91 Å². The third kappa shape index (κ3) is 5.92. The van der Waals surface area contributed by atoms with E-state index in [9.17, 15) is 4.79 Å². The van der Waals surface area contributed by atoms with Crippen molar-refractivity contribution >= 4 is 28.9 Å². The molecule has 0 aliphatic rings. The van der Waals surface area contributed by atoms with E-state index in [0.717, 1.165) is 0 Å². The molecule has 1 rings (SSSR count). The molecule has 1 amide bonds. The lowest BCUT2D eigenvalue weighted by molar-refractivity contribution is -0.117. The molecule has 0 heterocycles. The number of amides is 1. The molecule has 0 saturated heterocycles. The molecular formula is C13H20ClN3O2. The first kappa shape index (κ1) is 15.8. The molecule has 6 heteroatoms. The number of nitrogens with one attached hydrogen (secondary N) is 1. The lowest BCUT2D eigenvalue weighted by Crippen LogP contribution is -2.32. The van der Waals surface area contributed by atoms with Crippen LogP contribution in [0.1, 0.15) is 6.92 Å². The molecule has 3 N–H and O–H groups in total. The van der Waals surface area contributed by atoms with Gasteiger partial charge in [-0.05, 0) is 32.2 Å². The average Bonchev–Trinajstić information content (AvgIpc) is 2.34. The largest absolute Gasteiger partial charge is 0.399 e. The Balaban J connectivity index is 2.44. The van der Waals surface area contributed by atoms with Crippen LogP contribution in [0.4, 0.5) is 11.4 Å². The lowest BCUT2D eigenvalue weighted by Gasteiger charge is -2.16. The number of halogens is 1. The first-order chi connectivity index (χ1) is 9.02. The molecule has 0 aliphatic carbocycles. The van der Waals surface area contributed by atoms with Gasteiger partial charge in [-0.25, -0.2) is 0 Å². The zero-order valence-corrected chi connectivity index (χ0v) is 12.0. The summed E-state index contributed by atoms with van der Waals surface area (Å²) in [6, 6.07) is 4.98. The Morgan fingerprint density at radius 3 is 2.95 bits per heavy atom. The molecule has 5 nitrogen and oxygen atoms in total. The molecule has 1 aromatic rings. The second-order valence-corrected chi connectivity index (χ2v) is 4.63. The predicted octanol–water partition coefficient (Wildman–Crippen LogP) is 1.83. The van der Waals surface area contributed by atoms with Gasteiger partial charge in [0, 0.05) is 18.8 Å². The summed E-state index contributed by atoms with van der Waals surface area (Å²) in [5.41, 5.74) is 6.74. The van der Waals surface area contributed by atoms with Gasteiger partial charge in [0.1, 0.15) is 0 Å². The number of nitrogens with zero attached hydrogens (tertiary/aromatic N) is 1. The number of benzene rings is 1. The zero-order chi connectivity index (χ0) is 14.3. The van der Waals surface area contributed by atoms with Crippen molar-refractivity contribution < 1.29 is 9.53 Å². The van der Waals surface area contributed by atoms with E-state index in [1.54, 1.807) is 18.2 Å². The second kappa shape index (κ2) is 7.99. The lowest BCUT2D eigenvalue weighted by atomic mass is 10.3. The van der Waals surface area contributed by atoms with Crippen LogP contribution in [0, 0.1) is 0 Å². The Morgan fingerprint density at radius 1 is 1.53 bits per heavy atom. The van der Waals surface area contributed by atoms with Crippen molar-refractivity contribution in [3.05, 3.63) is 23.2 Å². The van der Waals surface area contributed by atoms with Crippen molar-refractivity contribution in [3.8, 4) is 0 Å². The van der Waals surface area contributed by atoms with Crippen molar-refractivity contribution in [3.63, 3.8) is 0 Å². The highest BCUT2D eigenvalue weighted by Crippen LogP contribution is 2.23. The number of rotatable bonds is 7. The zero-order valence-electron chi connectivity index (χ0n) is 11.3. The minimum Gasteiger partial charge on any atom is -0.399 e. The van der Waals surface area contributed by atoms with Gasteiger partial charge in [-0.2, -0.15) is 0 Å². The molecule has 0 saturated carbocycles. The van der Waals surface area contributed by atoms with Crippen LogP contribution in [0.5, 0.6) is 0 Å². The fourth-order valence-corrected chi connectivity index (χ4v) is 1.68. The minimum atomic E-state index is -0.133. The van der Waals surface area contributed by atoms with Crippen LogP contribution in [0.25, 0.3) is 0 Å². The fraction of sp³-hybridized carbons (Fsp3) is 0.462. The van der Waals surface area contributed by atoms with Crippen molar-refractivity contribution in [2.75, 3.05) is 44.4 Å². The van der Waals surface area contributed by atoms with Crippen molar-refractivity contribution in [2.45, 2.75) is 6.92 Å². The Labute approximate surface area is 118 Å². The first-order valence-corrected chi connectivity index (χ1v) is 6.52. The molecule has 1 aromatic carbocycles. The van der Waals surface area contributed by atoms with Gasteiger partial charge in [0.15, 0.2) is 0 Å². The van der Waals surface area contributed by atoms with Crippen LogP contribution in [0.2, 0.25) is 5.02 Å². The number of nitrogen functional groups attached to an aromatic ring is 1. The number of carbonyl (C=O) groups is 1. The quantitative estimate of drug-likeness (QED) is 0.592. The first-order valence-electron chi connectivity index (χ1n) is 6.14. The maximum Gasteiger partial charge on any atom is 0.238 e. The Morgan fingerprint density at radius 2 is 2.26 bits per heavy atom. The topological polar surface area (TPSA) is 67.6 Å². The van der Waals surface area contributed by atoms with Crippen LogP contribution < -0.4 is 11.1 Å². The van der Waals surface area contributed by atoms with E-state index in [4.69, 9.17) is 22.1 Å². The highest BCUT2D eigenvalue weighted by atomic mass is 35.5. The summed E-state index contributed by atoms with van der Waals surface area (Å²) in [6.07, 6.45) is 0. The molecule has 0 fully saturated rings. The van der Waals surface area contributed by atoms with E-state index >= 15 is 0 Å². The highest BCUT2D eigenvalue weighted by molar-refractivity contribution is 6.33. The van der Waals surface area contributed by atoms with Crippen LogP contribution in [0.3, 0.4) is 0 Å². The number of anilines is 2. The number of ether oxygens (including phenoxy) is 1. The Kier molecular flexibility index (Phi) is 6.62. The molecule has 0 radical (unpaired) electrons. The summed E-state index contributed by atoms with van der Waals surface area (Å²) >= 11 is 5.98. The number of hydrogen-bond acceptors (Lipinski definition) is 4. The second-order valence-electron chi connectivity index (χ2n) is 4.22. The fourth-order valence-electron chi connectivity index (χ4n) is 1.52. The molecular weight excluding hydrogens is 266 g/mol. The summed E-state index contributed by atoms with van der Waals surface area (Å²) < 4.78 is 5.23. The third-order valence-electron chi connectivity index (χ3n) is 2.50. The van der Waals surface area contributed by atoms with Gasteiger partial charge >= 0.3 is 0 Å². The summed E-state index contributed by atoms with van der Waals surface area (Å²) in [5, 5.41) is 3.21. The van der Waals surface area contributed by atoms with Gasteiger partial charge in [-0.3, -0.25) is 9.69 Å². The van der Waals surface area contributed by atoms with Gasteiger partial charge in [0.05, 0.1) is 23.9 Å². The van der Waals surface area contributed by atoms with Gasteiger partial charge in [-0.1, -0.05) is 11.6 Å². The van der Waals surface area contributed by atoms with E-state index in [1.165, 1.54) is 0 Å². The van der Waals surface area contributed by atoms with E-state index in [-0.39, 0.29) is 12.5 Å². The van der Waals surface area contributed by atoms with E-state index < -0.39 is 0 Å². The third-order valence-corrected chi connectivity index (χ3v) is 2.83. The van der Waals surface area contributed by atoms with Crippen LogP contribution >= 0.6 is 11.6 Å². The van der Waals surface area contributed by atoms with Crippen LogP contribution in [-0.4, -0.2) is 44.2 Å². The van der Waals surface area contributed by atoms with Gasteiger partial charge in [0.25, 0.3) is 0 Å². The maximum absolute atomic E-state index is 11.8. The Bertz CT molecular complexity index is 426. The molecule has 0 aromatic heterocycles. The average molecular weight is 286 g/mol. The van der Waals surface area contributed by atoms with Gasteiger partial charge < -0.3 is 15.8 Å². The molecule has 0 atom stereocenters. The van der Waals surface area contributed by atoms with Crippen molar-refractivity contribution in [1.29, 1.82) is 0 Å². The van der Waals surface area contributed by atoms with E-state index in [1.807, 2.05) is 18.9 Å². The summed E-state index contributed by atoms with van der Waals surface area (Å²) in [5.74, 6) is -0.133. The summed E-state index contributed by atoms with van der Waals surface area (Å²) in [4.78, 5) is 13.7. The standard InChI is InChI=1S/C13H20ClN3O2/c1-3-19-7-6-17(2)9-13(18)16-12-8-10(15)4-5-11(12)14/h4-5,8H,3,6-7,9,15H2,1-2H3,(H,16,18). The van der Waals surface area contributed by atoms with E-state index in [2.05, 4.69) is 5.32 Å². The number of carbonyl (C=O) groups excluding carboxylic acids is 1. The molecule has 0 aliphatic heterocycles. The number of hydrogen-bond donors (Lipinski definition) is 2. The van der Waals surface area contributed by atoms with Gasteiger partial charge in [-0.15, -0.1) is 0 Å². The highest BCUT2D eigenvalue weighted by Gasteiger charge is 2.09. The number of nitrogens with two attached hydrogens (primary N) is 1. The summed E-state index contributed by atoms with van der Waals surface area (Å²) in [6.45, 7) is 4.21. The van der Waals surface area contributed by atoms with Crippen LogP contribution in [-0.2, 0) is 9.53 Å². The van der Waals surface area contributed by atoms with Crippen LogP contribution in [0.15, 0.2) is 18.2 Å². The normalized spacial score (nSPS) is 10.7. The predicted molar refractivity (Wildman–Crippen MR) is 78.5 cm³/mol. The number of likely N-dealkylation sites (N-methyl/N-ethyl adjacent to an activating group) is 1. The van der Waals surface area contributed by atoms with Crippen molar-refractivity contribution in [2.24, 2.45) is 0 Å². The molecule has 106 valence electrons. The Hall–Kier alpha value is -1.30. The molecule has 0 unspecified atom stereocenters. The smallest absolute Gasteiger partial charge is 0.238 e. The summed E-state index contributed by atoms with van der Waals surface area (Å²) in [7, 11) is 1.86. The monoisotopic (exact) mass is 285 g/mol. The minimum absolute atomic E-state index is 0.133. The van der Waals surface area contributed by atoms with Crippen molar-refractivity contribution in [1.82, 2.24) is 4.90 Å². The molecule has 0 spiro atoms. The maximum atomic E-state index is 11.8. The van der Waals surface area contributed by atoms with E-state index in [0.29, 0.717) is 36.2 Å².